The average molecular weight is 638 g/mol. The summed E-state index contributed by atoms with van der Waals surface area (Å²) in [4.78, 5) is 0. The molecule has 3 unspecified atom stereocenters. The Balaban J connectivity index is 1.81. The molecule has 36 heavy (non-hydrogen) atoms. The molecule has 0 aliphatic heterocycles. The van der Waals surface area contributed by atoms with Crippen molar-refractivity contribution in [2.45, 2.75) is 67.8 Å². The van der Waals surface area contributed by atoms with Crippen LogP contribution >= 0.6 is 17.0 Å². The van der Waals surface area contributed by atoms with Crippen LogP contribution in [-0.4, -0.2) is 27.1 Å². The predicted molar refractivity (Wildman–Crippen MR) is 157 cm³/mol. The number of hydrogen-bond donors (Lipinski definition) is 0. The summed E-state index contributed by atoms with van der Waals surface area (Å²) in [5.41, 5.74) is 5.26. The fourth-order valence-electron chi connectivity index (χ4n) is 5.65. The zero-order valence-electron chi connectivity index (χ0n) is 22.4. The minimum atomic E-state index is -2.66. The number of benzene rings is 2. The van der Waals surface area contributed by atoms with E-state index in [2.05, 4.69) is 112 Å². The molecule has 2 aliphatic rings. The van der Waals surface area contributed by atoms with Crippen LogP contribution in [0.1, 0.15) is 46.9 Å². The van der Waals surface area contributed by atoms with Crippen molar-refractivity contribution in [2.24, 2.45) is 5.41 Å². The van der Waals surface area contributed by atoms with E-state index in [0.29, 0.717) is 6.61 Å². The molecular formula is C29H39Cl2O2Si2Zr. The summed E-state index contributed by atoms with van der Waals surface area (Å²) in [7, 11) is 9.87. The fourth-order valence-corrected chi connectivity index (χ4v) is 14.4. The second-order valence-electron chi connectivity index (χ2n) is 12.1. The van der Waals surface area contributed by atoms with Gasteiger partial charge in [-0.1, -0.05) is 0 Å². The van der Waals surface area contributed by atoms with Crippen molar-refractivity contribution in [3.05, 3.63) is 82.9 Å². The van der Waals surface area contributed by atoms with Crippen LogP contribution < -0.4 is 0 Å². The van der Waals surface area contributed by atoms with Crippen molar-refractivity contribution >= 4 is 45.8 Å². The van der Waals surface area contributed by atoms with E-state index in [4.69, 9.17) is 25.9 Å². The van der Waals surface area contributed by atoms with E-state index in [0.717, 1.165) is 12.8 Å². The van der Waals surface area contributed by atoms with Gasteiger partial charge in [0.05, 0.1) is 0 Å². The first kappa shape index (κ1) is 28.7. The van der Waals surface area contributed by atoms with Gasteiger partial charge in [0.2, 0.25) is 0 Å². The molecule has 7 heteroatoms. The van der Waals surface area contributed by atoms with Gasteiger partial charge in [-0.3, -0.25) is 0 Å². The van der Waals surface area contributed by atoms with Crippen molar-refractivity contribution in [3.8, 4) is 0 Å². The molecule has 2 aromatic rings. The summed E-state index contributed by atoms with van der Waals surface area (Å²) in [6, 6.07) is 17.7. The number of allylic oxidation sites excluding steroid dienone is 2. The summed E-state index contributed by atoms with van der Waals surface area (Å²) in [6.07, 6.45) is 11.3. The van der Waals surface area contributed by atoms with Crippen LogP contribution in [0.25, 0.3) is 12.2 Å². The van der Waals surface area contributed by atoms with E-state index in [1.165, 1.54) is 22.3 Å². The molecule has 0 radical (unpaired) electrons. The summed E-state index contributed by atoms with van der Waals surface area (Å²) in [6.45, 7) is 14.3. The van der Waals surface area contributed by atoms with E-state index in [9.17, 15) is 0 Å². The van der Waals surface area contributed by atoms with Crippen molar-refractivity contribution in [1.82, 2.24) is 0 Å². The summed E-state index contributed by atoms with van der Waals surface area (Å²) >= 11 is -2.66. The minimum absolute atomic E-state index is 0.00471. The summed E-state index contributed by atoms with van der Waals surface area (Å²) < 4.78 is 13.4. The van der Waals surface area contributed by atoms with Gasteiger partial charge in [0, 0.05) is 0 Å². The van der Waals surface area contributed by atoms with Gasteiger partial charge in [-0.2, -0.15) is 0 Å². The molecule has 2 aromatic carbocycles. The Hall–Kier alpha value is -0.263. The fraction of sp³-hybridized carbons (Fsp3) is 0.448. The van der Waals surface area contributed by atoms with Gasteiger partial charge in [0.1, 0.15) is 0 Å². The molecule has 2 nitrogen and oxygen atoms in total. The van der Waals surface area contributed by atoms with E-state index < -0.39 is 36.0 Å². The van der Waals surface area contributed by atoms with Crippen molar-refractivity contribution < 1.29 is 28.2 Å². The van der Waals surface area contributed by atoms with Crippen LogP contribution in [0.3, 0.4) is 0 Å². The van der Waals surface area contributed by atoms with Crippen LogP contribution in [0, 0.1) is 5.41 Å². The Morgan fingerprint density at radius 3 is 1.75 bits per heavy atom. The molecule has 0 amide bonds. The molecule has 0 aromatic heterocycles. The van der Waals surface area contributed by atoms with Crippen LogP contribution in [0.15, 0.2) is 60.7 Å². The molecular weight excluding hydrogens is 599 g/mol. The standard InChI is InChI=1S/C29H39O2Si2.2ClH.Zr/c1-32(2,3)30-21-11-20-29(22-31-33(4,5)6,27-18-16-23-12-7-9-14-25(23)27)28-19-17-24-13-8-10-15-26(24)28;;;/h7-10,12-19,21,27-28H,11,20,22H2,1-6H3;2*1H;/q;;;+2/p-2. The Labute approximate surface area is 235 Å². The number of fused-ring (bicyclic) bond motifs is 2. The van der Waals surface area contributed by atoms with Gasteiger partial charge in [-0.15, -0.1) is 0 Å². The molecule has 0 saturated heterocycles. The molecule has 193 valence electrons. The first-order valence-corrected chi connectivity index (χ1v) is 27.5. The second kappa shape index (κ2) is 11.5. The number of hydrogen-bond acceptors (Lipinski definition) is 2. The zero-order chi connectivity index (χ0) is 26.1. The quantitative estimate of drug-likeness (QED) is 0.229. The Bertz CT molecular complexity index is 1060. The van der Waals surface area contributed by atoms with Crippen molar-refractivity contribution in [1.29, 1.82) is 0 Å². The predicted octanol–water partition coefficient (Wildman–Crippen LogP) is 9.33. The van der Waals surface area contributed by atoms with Crippen LogP contribution in [0.4, 0.5) is 0 Å². The van der Waals surface area contributed by atoms with E-state index >= 15 is 0 Å². The van der Waals surface area contributed by atoms with Gasteiger partial charge in [-0.25, -0.2) is 0 Å². The van der Waals surface area contributed by atoms with Gasteiger partial charge in [-0.05, 0) is 0 Å². The van der Waals surface area contributed by atoms with Gasteiger partial charge < -0.3 is 0 Å². The van der Waals surface area contributed by atoms with Gasteiger partial charge >= 0.3 is 237 Å². The average Bonchev–Trinajstić information content (AvgIpc) is 3.42. The topological polar surface area (TPSA) is 18.5 Å². The summed E-state index contributed by atoms with van der Waals surface area (Å²) in [5, 5.41) is 0. The first-order chi connectivity index (χ1) is 16.9. The third kappa shape index (κ3) is 6.65. The maximum atomic E-state index is 6.83. The second-order valence-corrected chi connectivity index (χ2v) is 30.1. The van der Waals surface area contributed by atoms with Crippen LogP contribution in [-0.2, 0) is 28.2 Å². The monoisotopic (exact) mass is 635 g/mol. The normalized spacial score (nSPS) is 21.2. The van der Waals surface area contributed by atoms with Gasteiger partial charge in [0.15, 0.2) is 0 Å². The number of rotatable bonds is 11. The first-order valence-electron chi connectivity index (χ1n) is 12.9. The maximum absolute atomic E-state index is 6.83. The molecule has 0 spiro atoms. The summed E-state index contributed by atoms with van der Waals surface area (Å²) in [5.74, 6) is 0.493. The molecule has 3 atom stereocenters. The SMILES string of the molecule is C[Si](C)(C)OCC(CC[CH](O[Si](C)(C)C)[Zr]([Cl])[Cl])(C1C=Cc2ccccc21)C1C=Cc2ccccc21. The molecule has 0 fully saturated rings. The van der Waals surface area contributed by atoms with Crippen molar-refractivity contribution in [3.63, 3.8) is 0 Å². The third-order valence-corrected chi connectivity index (χ3v) is 14.9. The van der Waals surface area contributed by atoms with E-state index in [1.807, 2.05) is 0 Å². The Morgan fingerprint density at radius 1 is 0.806 bits per heavy atom. The van der Waals surface area contributed by atoms with Gasteiger partial charge in [0.25, 0.3) is 0 Å². The Morgan fingerprint density at radius 2 is 1.31 bits per heavy atom. The van der Waals surface area contributed by atoms with E-state index in [-0.39, 0.29) is 21.1 Å². The molecule has 2 aliphatic carbocycles. The molecule has 0 bridgehead atoms. The third-order valence-electron chi connectivity index (χ3n) is 7.22. The van der Waals surface area contributed by atoms with Crippen molar-refractivity contribution in [2.75, 3.05) is 6.61 Å². The number of halogens is 2. The molecule has 0 heterocycles. The molecule has 0 saturated carbocycles. The van der Waals surface area contributed by atoms with Crippen LogP contribution in [0.2, 0.25) is 39.3 Å². The van der Waals surface area contributed by atoms with Crippen LogP contribution in [0.5, 0.6) is 0 Å². The Kier molecular flexibility index (Phi) is 9.15. The zero-order valence-corrected chi connectivity index (χ0v) is 28.3. The molecule has 4 rings (SSSR count). The molecule has 0 N–H and O–H groups in total. The van der Waals surface area contributed by atoms with E-state index in [1.54, 1.807) is 0 Å².